The molecule has 1 fully saturated rings. The van der Waals surface area contributed by atoms with Gasteiger partial charge in [0.2, 0.25) is 11.7 Å². The Balaban J connectivity index is 1.75. The smallest absolute Gasteiger partial charge is 0.222 e. The lowest BCUT2D eigenvalue weighted by molar-refractivity contribution is -0.130. The fourth-order valence-electron chi connectivity index (χ4n) is 2.99. The van der Waals surface area contributed by atoms with Crippen molar-refractivity contribution in [2.24, 2.45) is 0 Å². The molecule has 3 rings (SSSR count). The number of aromatic nitrogens is 2. The highest BCUT2D eigenvalue weighted by molar-refractivity contribution is 6.07. The minimum Gasteiger partial charge on any atom is -0.355 e. The van der Waals surface area contributed by atoms with Crippen molar-refractivity contribution in [3.05, 3.63) is 54.0 Å². The maximum Gasteiger partial charge on any atom is 0.222 e. The van der Waals surface area contributed by atoms with E-state index in [1.165, 1.54) is 0 Å². The van der Waals surface area contributed by atoms with Gasteiger partial charge in [-0.15, -0.1) is 0 Å². The van der Waals surface area contributed by atoms with Gasteiger partial charge in [-0.1, -0.05) is 13.0 Å². The van der Waals surface area contributed by atoms with E-state index in [0.717, 1.165) is 31.9 Å². The van der Waals surface area contributed by atoms with E-state index in [2.05, 4.69) is 14.9 Å². The third-order valence-electron chi connectivity index (χ3n) is 4.37. The predicted molar refractivity (Wildman–Crippen MR) is 95.6 cm³/mol. The van der Waals surface area contributed by atoms with Crippen molar-refractivity contribution in [1.29, 1.82) is 0 Å². The fraction of sp³-hybridized carbons (Fsp3) is 0.368. The number of amides is 1. The molecule has 0 aliphatic carbocycles. The molecule has 0 N–H and O–H groups in total. The van der Waals surface area contributed by atoms with Gasteiger partial charge in [-0.3, -0.25) is 14.6 Å². The van der Waals surface area contributed by atoms with Crippen LogP contribution in [0, 0.1) is 0 Å². The number of hydrogen-bond donors (Lipinski definition) is 0. The van der Waals surface area contributed by atoms with E-state index in [1.807, 2.05) is 24.0 Å². The third-order valence-corrected chi connectivity index (χ3v) is 4.37. The molecule has 6 heteroatoms. The summed E-state index contributed by atoms with van der Waals surface area (Å²) in [5.74, 6) is 0.836. The SMILES string of the molecule is CCC(=O)N1CCCN(c2cccc(C(=O)c3cccnc3)n2)CC1. The molecule has 0 radical (unpaired) electrons. The maximum atomic E-state index is 12.6. The molecule has 1 saturated heterocycles. The van der Waals surface area contributed by atoms with Crippen LogP contribution in [0.1, 0.15) is 35.8 Å². The molecule has 6 nitrogen and oxygen atoms in total. The van der Waals surface area contributed by atoms with Crippen molar-refractivity contribution in [2.75, 3.05) is 31.1 Å². The summed E-state index contributed by atoms with van der Waals surface area (Å²) in [7, 11) is 0. The monoisotopic (exact) mass is 338 g/mol. The van der Waals surface area contributed by atoms with Crippen LogP contribution in [0.25, 0.3) is 0 Å². The van der Waals surface area contributed by atoms with Gasteiger partial charge in [-0.25, -0.2) is 4.98 Å². The first kappa shape index (κ1) is 17.1. The molecule has 0 atom stereocenters. The Morgan fingerprint density at radius 3 is 2.72 bits per heavy atom. The summed E-state index contributed by atoms with van der Waals surface area (Å²) in [5, 5.41) is 0. The molecule has 0 unspecified atom stereocenters. The van der Waals surface area contributed by atoms with Gasteiger partial charge >= 0.3 is 0 Å². The summed E-state index contributed by atoms with van der Waals surface area (Å²) < 4.78 is 0. The first-order chi connectivity index (χ1) is 12.2. The van der Waals surface area contributed by atoms with E-state index in [4.69, 9.17) is 0 Å². The molecular weight excluding hydrogens is 316 g/mol. The molecule has 0 bridgehead atoms. The van der Waals surface area contributed by atoms with Crippen molar-refractivity contribution in [3.63, 3.8) is 0 Å². The minimum absolute atomic E-state index is 0.132. The second-order valence-corrected chi connectivity index (χ2v) is 6.03. The molecule has 25 heavy (non-hydrogen) atoms. The number of anilines is 1. The van der Waals surface area contributed by atoms with Crippen LogP contribution in [0.2, 0.25) is 0 Å². The summed E-state index contributed by atoms with van der Waals surface area (Å²) in [6, 6.07) is 8.97. The van der Waals surface area contributed by atoms with Crippen LogP contribution in [0.4, 0.5) is 5.82 Å². The number of carbonyl (C=O) groups excluding carboxylic acids is 2. The van der Waals surface area contributed by atoms with E-state index < -0.39 is 0 Å². The highest BCUT2D eigenvalue weighted by Gasteiger charge is 2.19. The molecule has 1 aliphatic heterocycles. The van der Waals surface area contributed by atoms with E-state index in [9.17, 15) is 9.59 Å². The molecule has 130 valence electrons. The van der Waals surface area contributed by atoms with E-state index in [1.54, 1.807) is 30.6 Å². The molecule has 2 aromatic rings. The van der Waals surface area contributed by atoms with Gasteiger partial charge in [0.05, 0.1) is 0 Å². The Labute approximate surface area is 147 Å². The zero-order valence-corrected chi connectivity index (χ0v) is 14.4. The number of ketones is 1. The highest BCUT2D eigenvalue weighted by Crippen LogP contribution is 2.16. The lowest BCUT2D eigenvalue weighted by Crippen LogP contribution is -2.35. The summed E-state index contributed by atoms with van der Waals surface area (Å²) in [4.78, 5) is 37.1. The topological polar surface area (TPSA) is 66.4 Å². The van der Waals surface area contributed by atoms with Crippen LogP contribution in [-0.4, -0.2) is 52.7 Å². The van der Waals surface area contributed by atoms with E-state index in [0.29, 0.717) is 24.2 Å². The van der Waals surface area contributed by atoms with Gasteiger partial charge < -0.3 is 9.80 Å². The predicted octanol–water partition coefficient (Wildman–Crippen LogP) is 2.16. The lowest BCUT2D eigenvalue weighted by Gasteiger charge is -2.23. The third kappa shape index (κ3) is 4.02. The van der Waals surface area contributed by atoms with E-state index in [-0.39, 0.29) is 11.7 Å². The average Bonchev–Trinajstić information content (AvgIpc) is 2.94. The molecular formula is C19H22N4O2. The Kier molecular flexibility index (Phi) is 5.38. The average molecular weight is 338 g/mol. The standard InChI is InChI=1S/C19H22N4O2/c1-2-18(24)23-11-5-10-22(12-13-23)17-8-3-7-16(21-17)19(25)15-6-4-9-20-14-15/h3-4,6-9,14H,2,5,10-13H2,1H3. The number of pyridine rings is 2. The molecule has 0 saturated carbocycles. The Bertz CT molecular complexity index is 748. The number of hydrogen-bond acceptors (Lipinski definition) is 5. The zero-order chi connectivity index (χ0) is 17.6. The normalized spacial score (nSPS) is 14.9. The summed E-state index contributed by atoms with van der Waals surface area (Å²) in [6.45, 7) is 4.90. The van der Waals surface area contributed by atoms with Crippen molar-refractivity contribution in [2.45, 2.75) is 19.8 Å². The fourth-order valence-corrected chi connectivity index (χ4v) is 2.99. The molecule has 1 amide bonds. The van der Waals surface area contributed by atoms with Crippen molar-refractivity contribution in [3.8, 4) is 0 Å². The van der Waals surface area contributed by atoms with Crippen LogP contribution in [0.5, 0.6) is 0 Å². The lowest BCUT2D eigenvalue weighted by atomic mass is 10.1. The zero-order valence-electron chi connectivity index (χ0n) is 14.4. The van der Waals surface area contributed by atoms with Crippen LogP contribution < -0.4 is 4.90 Å². The van der Waals surface area contributed by atoms with Crippen LogP contribution >= 0.6 is 0 Å². The molecule has 0 spiro atoms. The van der Waals surface area contributed by atoms with Gasteiger partial charge in [0, 0.05) is 50.6 Å². The summed E-state index contributed by atoms with van der Waals surface area (Å²) in [5.41, 5.74) is 0.943. The maximum absolute atomic E-state index is 12.6. The van der Waals surface area contributed by atoms with Crippen LogP contribution in [0.3, 0.4) is 0 Å². The van der Waals surface area contributed by atoms with Crippen molar-refractivity contribution in [1.82, 2.24) is 14.9 Å². The summed E-state index contributed by atoms with van der Waals surface area (Å²) in [6.07, 6.45) is 4.62. The van der Waals surface area contributed by atoms with Crippen molar-refractivity contribution >= 4 is 17.5 Å². The number of rotatable bonds is 4. The van der Waals surface area contributed by atoms with Gasteiger partial charge in [-0.2, -0.15) is 0 Å². The van der Waals surface area contributed by atoms with Gasteiger partial charge in [0.1, 0.15) is 11.5 Å². The minimum atomic E-state index is -0.132. The van der Waals surface area contributed by atoms with Crippen LogP contribution in [0.15, 0.2) is 42.7 Å². The first-order valence-corrected chi connectivity index (χ1v) is 8.63. The molecule has 3 heterocycles. The first-order valence-electron chi connectivity index (χ1n) is 8.63. The van der Waals surface area contributed by atoms with E-state index >= 15 is 0 Å². The Morgan fingerprint density at radius 1 is 1.08 bits per heavy atom. The highest BCUT2D eigenvalue weighted by atomic mass is 16.2. The van der Waals surface area contributed by atoms with Gasteiger partial charge in [-0.05, 0) is 30.7 Å². The van der Waals surface area contributed by atoms with Gasteiger partial charge in [0.25, 0.3) is 0 Å². The Hall–Kier alpha value is -2.76. The van der Waals surface area contributed by atoms with Crippen molar-refractivity contribution < 1.29 is 9.59 Å². The molecule has 1 aliphatic rings. The Morgan fingerprint density at radius 2 is 1.96 bits per heavy atom. The second-order valence-electron chi connectivity index (χ2n) is 6.03. The summed E-state index contributed by atoms with van der Waals surface area (Å²) >= 11 is 0. The quantitative estimate of drug-likeness (QED) is 0.799. The van der Waals surface area contributed by atoms with Crippen LogP contribution in [-0.2, 0) is 4.79 Å². The number of nitrogens with zero attached hydrogens (tertiary/aromatic N) is 4. The molecule has 0 aromatic carbocycles. The largest absolute Gasteiger partial charge is 0.355 e. The van der Waals surface area contributed by atoms with Gasteiger partial charge in [0.15, 0.2) is 0 Å². The molecule has 2 aromatic heterocycles. The second kappa shape index (κ2) is 7.88. The number of carbonyl (C=O) groups is 2.